The number of amides is 3. The van der Waals surface area contributed by atoms with Crippen molar-refractivity contribution in [2.75, 3.05) is 30.9 Å². The lowest BCUT2D eigenvalue weighted by Crippen LogP contribution is -2.34. The van der Waals surface area contributed by atoms with Crippen LogP contribution < -0.4 is 10.2 Å². The minimum Gasteiger partial charge on any atom is -0.443 e. The van der Waals surface area contributed by atoms with Gasteiger partial charge in [0.05, 0.1) is 18.4 Å². The Labute approximate surface area is 147 Å². The second-order valence-corrected chi connectivity index (χ2v) is 6.39. The molecule has 0 fully saturated rings. The van der Waals surface area contributed by atoms with Crippen molar-refractivity contribution in [2.24, 2.45) is 0 Å². The summed E-state index contributed by atoms with van der Waals surface area (Å²) in [5.41, 5.74) is -0.153. The first kappa shape index (κ1) is 20.1. The fourth-order valence-electron chi connectivity index (χ4n) is 1.73. The average molecular weight is 348 g/mol. The molecule has 0 radical (unpaired) electrons. The lowest BCUT2D eigenvalue weighted by Gasteiger charge is -2.24. The number of anilines is 2. The van der Waals surface area contributed by atoms with Crippen molar-refractivity contribution in [3.63, 3.8) is 0 Å². The fourth-order valence-corrected chi connectivity index (χ4v) is 1.73. The van der Waals surface area contributed by atoms with Gasteiger partial charge in [-0.05, 0) is 39.0 Å². The van der Waals surface area contributed by atoms with Crippen LogP contribution in [0.5, 0.6) is 0 Å². The number of carbonyl (C=O) groups excluding carboxylic acids is 3. The lowest BCUT2D eigenvalue weighted by molar-refractivity contribution is -0.129. The summed E-state index contributed by atoms with van der Waals surface area (Å²) in [7, 11) is 3.05. The molecule has 1 aromatic heterocycles. The molecule has 0 atom stereocenters. The lowest BCUT2D eigenvalue weighted by atomic mass is 10.2. The van der Waals surface area contributed by atoms with Crippen molar-refractivity contribution in [3.8, 4) is 0 Å². The molecule has 0 aromatic carbocycles. The van der Waals surface area contributed by atoms with Crippen LogP contribution in [0, 0.1) is 0 Å². The van der Waals surface area contributed by atoms with E-state index >= 15 is 0 Å². The summed E-state index contributed by atoms with van der Waals surface area (Å²) in [4.78, 5) is 41.8. The second-order valence-electron chi connectivity index (χ2n) is 6.39. The number of nitrogens with one attached hydrogen (secondary N) is 1. The number of hydrogen-bond acceptors (Lipinski definition) is 5. The van der Waals surface area contributed by atoms with Gasteiger partial charge in [-0.3, -0.25) is 14.5 Å². The smallest absolute Gasteiger partial charge is 0.415 e. The highest BCUT2D eigenvalue weighted by Gasteiger charge is 2.21. The Morgan fingerprint density at radius 2 is 1.92 bits per heavy atom. The van der Waals surface area contributed by atoms with Gasteiger partial charge in [-0.25, -0.2) is 9.78 Å². The first-order chi connectivity index (χ1) is 11.5. The van der Waals surface area contributed by atoms with E-state index in [1.165, 1.54) is 23.0 Å². The molecule has 0 aliphatic rings. The van der Waals surface area contributed by atoms with Crippen molar-refractivity contribution in [1.29, 1.82) is 0 Å². The number of hydrogen-bond donors (Lipinski definition) is 1. The van der Waals surface area contributed by atoms with E-state index in [-0.39, 0.29) is 18.4 Å². The third kappa shape index (κ3) is 6.62. The Kier molecular flexibility index (Phi) is 6.67. The van der Waals surface area contributed by atoms with Crippen molar-refractivity contribution in [3.05, 3.63) is 31.0 Å². The van der Waals surface area contributed by atoms with E-state index in [1.807, 2.05) is 0 Å². The van der Waals surface area contributed by atoms with Crippen molar-refractivity contribution >= 4 is 29.4 Å². The highest BCUT2D eigenvalue weighted by atomic mass is 16.6. The molecular formula is C17H24N4O4. The van der Waals surface area contributed by atoms with Crippen LogP contribution in [0.1, 0.15) is 20.8 Å². The van der Waals surface area contributed by atoms with E-state index < -0.39 is 11.7 Å². The zero-order chi connectivity index (χ0) is 19.2. The average Bonchev–Trinajstić information content (AvgIpc) is 2.52. The van der Waals surface area contributed by atoms with Gasteiger partial charge in [0.2, 0.25) is 11.8 Å². The minimum absolute atomic E-state index is 0.107. The molecule has 1 aromatic rings. The number of carbonyl (C=O) groups is 3. The quantitative estimate of drug-likeness (QED) is 0.822. The Morgan fingerprint density at radius 3 is 2.40 bits per heavy atom. The molecule has 0 unspecified atom stereocenters. The van der Waals surface area contributed by atoms with E-state index in [9.17, 15) is 14.4 Å². The summed E-state index contributed by atoms with van der Waals surface area (Å²) in [6.45, 7) is 8.58. The molecule has 1 N–H and O–H groups in total. The molecule has 0 bridgehead atoms. The number of likely N-dealkylation sites (N-methyl/N-ethyl adjacent to an activating group) is 1. The highest BCUT2D eigenvalue weighted by Crippen LogP contribution is 2.16. The van der Waals surface area contributed by atoms with E-state index in [0.717, 1.165) is 6.08 Å². The predicted octanol–water partition coefficient (Wildman–Crippen LogP) is 2.04. The maximum Gasteiger partial charge on any atom is 0.415 e. The standard InChI is InChI=1S/C17H24N4O4/c1-7-15(23)20(5)11-14(22)19-12-8-9-13(18-10-12)21(6)16(24)25-17(2,3)4/h7-10H,1,11H2,2-6H3,(H,19,22). The molecule has 1 heterocycles. The molecule has 25 heavy (non-hydrogen) atoms. The van der Waals surface area contributed by atoms with Crippen molar-refractivity contribution in [2.45, 2.75) is 26.4 Å². The van der Waals surface area contributed by atoms with Gasteiger partial charge in [-0.15, -0.1) is 0 Å². The second kappa shape index (κ2) is 8.27. The summed E-state index contributed by atoms with van der Waals surface area (Å²) in [5, 5.41) is 2.62. The van der Waals surface area contributed by atoms with E-state index in [4.69, 9.17) is 4.74 Å². The Morgan fingerprint density at radius 1 is 1.28 bits per heavy atom. The maximum absolute atomic E-state index is 12.0. The molecule has 8 heteroatoms. The third-order valence-corrected chi connectivity index (χ3v) is 2.97. The Hall–Kier alpha value is -2.90. The van der Waals surface area contributed by atoms with Crippen LogP contribution in [0.2, 0.25) is 0 Å². The Bertz CT molecular complexity index is 650. The van der Waals surface area contributed by atoms with Gasteiger partial charge >= 0.3 is 6.09 Å². The zero-order valence-electron chi connectivity index (χ0n) is 15.2. The van der Waals surface area contributed by atoms with Crippen LogP contribution >= 0.6 is 0 Å². The van der Waals surface area contributed by atoms with Gasteiger partial charge in [0.25, 0.3) is 0 Å². The van der Waals surface area contributed by atoms with Gasteiger partial charge in [-0.2, -0.15) is 0 Å². The summed E-state index contributed by atoms with van der Waals surface area (Å²) < 4.78 is 5.26. The Balaban J connectivity index is 2.67. The molecule has 1 rings (SSSR count). The van der Waals surface area contributed by atoms with Gasteiger partial charge in [-0.1, -0.05) is 6.58 Å². The molecule has 0 saturated carbocycles. The normalized spacial score (nSPS) is 10.6. The first-order valence-electron chi connectivity index (χ1n) is 7.63. The molecule has 0 aliphatic heterocycles. The number of ether oxygens (including phenoxy) is 1. The van der Waals surface area contributed by atoms with E-state index in [1.54, 1.807) is 40.0 Å². The minimum atomic E-state index is -0.603. The van der Waals surface area contributed by atoms with Crippen LogP contribution in [0.15, 0.2) is 31.0 Å². The van der Waals surface area contributed by atoms with Gasteiger partial charge in [0.15, 0.2) is 0 Å². The van der Waals surface area contributed by atoms with E-state index in [0.29, 0.717) is 11.5 Å². The van der Waals surface area contributed by atoms with Crippen molar-refractivity contribution in [1.82, 2.24) is 9.88 Å². The SMILES string of the molecule is C=CC(=O)N(C)CC(=O)Nc1ccc(N(C)C(=O)OC(C)(C)C)nc1. The molecule has 136 valence electrons. The van der Waals surface area contributed by atoms with Gasteiger partial charge in [0.1, 0.15) is 11.4 Å². The summed E-state index contributed by atoms with van der Waals surface area (Å²) in [5.74, 6) is -0.332. The molecule has 0 spiro atoms. The predicted molar refractivity (Wildman–Crippen MR) is 95.3 cm³/mol. The molecule has 0 saturated heterocycles. The molecule has 8 nitrogen and oxygen atoms in total. The van der Waals surface area contributed by atoms with Crippen LogP contribution in [-0.4, -0.2) is 54.0 Å². The molecule has 3 amide bonds. The van der Waals surface area contributed by atoms with Gasteiger partial charge < -0.3 is 15.0 Å². The summed E-state index contributed by atoms with van der Waals surface area (Å²) in [6, 6.07) is 3.19. The number of aromatic nitrogens is 1. The largest absolute Gasteiger partial charge is 0.443 e. The number of nitrogens with zero attached hydrogens (tertiary/aromatic N) is 3. The summed E-state index contributed by atoms with van der Waals surface area (Å²) >= 11 is 0. The van der Waals surface area contributed by atoms with E-state index in [2.05, 4.69) is 16.9 Å². The fraction of sp³-hybridized carbons (Fsp3) is 0.412. The third-order valence-electron chi connectivity index (χ3n) is 2.97. The summed E-state index contributed by atoms with van der Waals surface area (Å²) in [6.07, 6.45) is 2.03. The number of pyridine rings is 1. The van der Waals surface area contributed by atoms with Crippen LogP contribution in [0.25, 0.3) is 0 Å². The van der Waals surface area contributed by atoms with Crippen LogP contribution in [-0.2, 0) is 14.3 Å². The topological polar surface area (TPSA) is 91.8 Å². The maximum atomic E-state index is 12.0. The highest BCUT2D eigenvalue weighted by molar-refractivity contribution is 5.96. The first-order valence-corrected chi connectivity index (χ1v) is 7.63. The van der Waals surface area contributed by atoms with Crippen molar-refractivity contribution < 1.29 is 19.1 Å². The number of rotatable bonds is 5. The van der Waals surface area contributed by atoms with Crippen LogP contribution in [0.4, 0.5) is 16.3 Å². The van der Waals surface area contributed by atoms with Gasteiger partial charge in [0, 0.05) is 14.1 Å². The van der Waals surface area contributed by atoms with Crippen LogP contribution in [0.3, 0.4) is 0 Å². The molecular weight excluding hydrogens is 324 g/mol. The zero-order valence-corrected chi connectivity index (χ0v) is 15.2. The molecule has 0 aliphatic carbocycles. The monoisotopic (exact) mass is 348 g/mol.